The van der Waals surface area contributed by atoms with Gasteiger partial charge in [-0.25, -0.2) is 0 Å². The lowest BCUT2D eigenvalue weighted by atomic mass is 10.1. The number of carboxylic acids is 1. The van der Waals surface area contributed by atoms with Crippen LogP contribution in [0.3, 0.4) is 0 Å². The minimum Gasteiger partial charge on any atom is -0.490 e. The Kier molecular flexibility index (Phi) is 3.31. The summed E-state index contributed by atoms with van der Waals surface area (Å²) in [4.78, 5) is 10.7. The van der Waals surface area contributed by atoms with Crippen molar-refractivity contribution in [2.24, 2.45) is 0 Å². The van der Waals surface area contributed by atoms with Gasteiger partial charge in [-0.1, -0.05) is 11.6 Å². The van der Waals surface area contributed by atoms with Crippen molar-refractivity contribution < 1.29 is 19.4 Å². The van der Waals surface area contributed by atoms with Gasteiger partial charge in [-0.05, 0) is 18.2 Å². The largest absolute Gasteiger partial charge is 0.490 e. The zero-order valence-corrected chi connectivity index (χ0v) is 9.24. The molecule has 86 valence electrons. The number of ether oxygens (including phenoxy) is 2. The molecule has 0 amide bonds. The van der Waals surface area contributed by atoms with Crippen molar-refractivity contribution in [1.82, 2.24) is 0 Å². The summed E-state index contributed by atoms with van der Waals surface area (Å²) >= 11 is 5.80. The number of halogens is 1. The van der Waals surface area contributed by atoms with Crippen molar-refractivity contribution in [2.45, 2.75) is 12.5 Å². The summed E-state index contributed by atoms with van der Waals surface area (Å²) < 4.78 is 10.5. The molecule has 0 unspecified atom stereocenters. The van der Waals surface area contributed by atoms with Crippen LogP contribution in [0.4, 0.5) is 0 Å². The second-order valence-corrected chi connectivity index (χ2v) is 4.03. The molecule has 1 aromatic rings. The molecule has 1 fully saturated rings. The Hall–Kier alpha value is -1.26. The van der Waals surface area contributed by atoms with Crippen LogP contribution in [0.2, 0.25) is 5.02 Å². The molecule has 1 aliphatic rings. The van der Waals surface area contributed by atoms with Crippen molar-refractivity contribution >= 4 is 17.6 Å². The average molecular weight is 243 g/mol. The maximum Gasteiger partial charge on any atom is 0.307 e. The normalized spacial score (nSPS) is 18.2. The van der Waals surface area contributed by atoms with Gasteiger partial charge in [0.15, 0.2) is 0 Å². The molecule has 1 aromatic carbocycles. The first-order chi connectivity index (χ1) is 7.65. The van der Waals surface area contributed by atoms with Gasteiger partial charge in [0.25, 0.3) is 0 Å². The highest BCUT2D eigenvalue weighted by molar-refractivity contribution is 6.30. The van der Waals surface area contributed by atoms with Gasteiger partial charge in [-0.2, -0.15) is 0 Å². The number of rotatable bonds is 5. The van der Waals surface area contributed by atoms with Crippen LogP contribution in [0, 0.1) is 0 Å². The molecule has 5 heteroatoms. The lowest BCUT2D eigenvalue weighted by Gasteiger charge is -2.09. The molecule has 1 aliphatic heterocycles. The number of epoxide rings is 1. The molecule has 1 N–H and O–H groups in total. The van der Waals surface area contributed by atoms with E-state index in [0.29, 0.717) is 29.5 Å². The molecule has 2 rings (SSSR count). The number of hydrogen-bond donors (Lipinski definition) is 1. The monoisotopic (exact) mass is 242 g/mol. The van der Waals surface area contributed by atoms with E-state index in [1.165, 1.54) is 0 Å². The molecule has 1 atom stereocenters. The number of benzene rings is 1. The molecule has 1 saturated heterocycles. The minimum atomic E-state index is -0.908. The van der Waals surface area contributed by atoms with Crippen LogP contribution in [-0.4, -0.2) is 30.4 Å². The van der Waals surface area contributed by atoms with Gasteiger partial charge in [0.1, 0.15) is 18.5 Å². The van der Waals surface area contributed by atoms with E-state index >= 15 is 0 Å². The third-order valence-electron chi connectivity index (χ3n) is 2.19. The van der Waals surface area contributed by atoms with E-state index in [1.807, 2.05) is 0 Å². The molecule has 16 heavy (non-hydrogen) atoms. The van der Waals surface area contributed by atoms with Gasteiger partial charge in [0.05, 0.1) is 13.0 Å². The van der Waals surface area contributed by atoms with Gasteiger partial charge in [0.2, 0.25) is 0 Å². The van der Waals surface area contributed by atoms with Gasteiger partial charge >= 0.3 is 5.97 Å². The van der Waals surface area contributed by atoms with Crippen LogP contribution in [0.25, 0.3) is 0 Å². The molecule has 1 heterocycles. The fourth-order valence-corrected chi connectivity index (χ4v) is 1.53. The second kappa shape index (κ2) is 4.72. The Balaban J connectivity index is 2.09. The smallest absolute Gasteiger partial charge is 0.307 e. The average Bonchev–Trinajstić information content (AvgIpc) is 2.99. The molecular weight excluding hydrogens is 232 g/mol. The molecule has 0 bridgehead atoms. The van der Waals surface area contributed by atoms with Crippen LogP contribution < -0.4 is 4.74 Å². The highest BCUT2D eigenvalue weighted by atomic mass is 35.5. The Morgan fingerprint density at radius 3 is 3.00 bits per heavy atom. The third-order valence-corrected chi connectivity index (χ3v) is 2.43. The summed E-state index contributed by atoms with van der Waals surface area (Å²) in [5, 5.41) is 9.25. The first-order valence-corrected chi connectivity index (χ1v) is 5.27. The molecule has 0 radical (unpaired) electrons. The van der Waals surface area contributed by atoms with Crippen molar-refractivity contribution in [2.75, 3.05) is 13.2 Å². The van der Waals surface area contributed by atoms with Gasteiger partial charge in [-0.15, -0.1) is 0 Å². The van der Waals surface area contributed by atoms with E-state index in [0.717, 1.165) is 0 Å². The zero-order valence-electron chi connectivity index (χ0n) is 8.48. The highest BCUT2D eigenvalue weighted by Gasteiger charge is 2.23. The Morgan fingerprint density at radius 1 is 1.62 bits per heavy atom. The van der Waals surface area contributed by atoms with Gasteiger partial charge in [0, 0.05) is 10.6 Å². The SMILES string of the molecule is O=C(O)Cc1cc(Cl)ccc1OC[C@@H]1CO1. The summed E-state index contributed by atoms with van der Waals surface area (Å²) in [6.07, 6.45) is 0.0508. The summed E-state index contributed by atoms with van der Waals surface area (Å²) in [7, 11) is 0. The van der Waals surface area contributed by atoms with Crippen LogP contribution in [-0.2, 0) is 16.0 Å². The fraction of sp³-hybridized carbons (Fsp3) is 0.364. The van der Waals surface area contributed by atoms with E-state index in [4.69, 9.17) is 26.2 Å². The van der Waals surface area contributed by atoms with Crippen LogP contribution in [0.15, 0.2) is 18.2 Å². The lowest BCUT2D eigenvalue weighted by molar-refractivity contribution is -0.136. The van der Waals surface area contributed by atoms with Crippen molar-refractivity contribution in [3.05, 3.63) is 28.8 Å². The van der Waals surface area contributed by atoms with E-state index in [1.54, 1.807) is 18.2 Å². The summed E-state index contributed by atoms with van der Waals surface area (Å²) in [6, 6.07) is 4.97. The first-order valence-electron chi connectivity index (χ1n) is 4.90. The topological polar surface area (TPSA) is 59.1 Å². The molecule has 0 spiro atoms. The zero-order chi connectivity index (χ0) is 11.5. The van der Waals surface area contributed by atoms with E-state index in [2.05, 4.69) is 0 Å². The Bertz CT molecular complexity index is 401. The number of aliphatic carboxylic acids is 1. The molecule has 0 saturated carbocycles. The summed E-state index contributed by atoms with van der Waals surface area (Å²) in [5.74, 6) is -0.350. The van der Waals surface area contributed by atoms with E-state index in [9.17, 15) is 4.79 Å². The molecule has 4 nitrogen and oxygen atoms in total. The minimum absolute atomic E-state index is 0.0958. The summed E-state index contributed by atoms with van der Waals surface area (Å²) in [5.41, 5.74) is 0.584. The predicted molar refractivity (Wildman–Crippen MR) is 58.0 cm³/mol. The highest BCUT2D eigenvalue weighted by Crippen LogP contribution is 2.24. The Morgan fingerprint density at radius 2 is 2.38 bits per heavy atom. The fourth-order valence-electron chi connectivity index (χ4n) is 1.34. The van der Waals surface area contributed by atoms with Crippen molar-refractivity contribution in [3.8, 4) is 5.75 Å². The molecule has 0 aliphatic carbocycles. The number of hydrogen-bond acceptors (Lipinski definition) is 3. The summed E-state index contributed by atoms with van der Waals surface area (Å²) in [6.45, 7) is 1.16. The van der Waals surface area contributed by atoms with Crippen molar-refractivity contribution in [1.29, 1.82) is 0 Å². The van der Waals surface area contributed by atoms with Gasteiger partial charge < -0.3 is 14.6 Å². The first kappa shape index (κ1) is 11.2. The molecule has 0 aromatic heterocycles. The third kappa shape index (κ3) is 3.12. The van der Waals surface area contributed by atoms with Crippen molar-refractivity contribution in [3.63, 3.8) is 0 Å². The van der Waals surface area contributed by atoms with E-state index in [-0.39, 0.29) is 12.5 Å². The van der Waals surface area contributed by atoms with Gasteiger partial charge in [-0.3, -0.25) is 4.79 Å². The number of carboxylic acid groups (broad SMARTS) is 1. The standard InChI is InChI=1S/C11H11ClO4/c12-8-1-2-10(16-6-9-5-15-9)7(3-8)4-11(13)14/h1-3,9H,4-6H2,(H,13,14)/t9-/m0/s1. The van der Waals surface area contributed by atoms with Crippen LogP contribution in [0.5, 0.6) is 5.75 Å². The predicted octanol–water partition coefficient (Wildman–Crippen LogP) is 1.74. The lowest BCUT2D eigenvalue weighted by Crippen LogP contribution is -2.08. The molecular formula is C11H11ClO4. The maximum absolute atomic E-state index is 10.7. The van der Waals surface area contributed by atoms with Crippen LogP contribution in [0.1, 0.15) is 5.56 Å². The maximum atomic E-state index is 10.7. The second-order valence-electron chi connectivity index (χ2n) is 3.59. The Labute approximate surface area is 97.7 Å². The number of carbonyl (C=O) groups is 1. The van der Waals surface area contributed by atoms with E-state index < -0.39 is 5.97 Å². The quantitative estimate of drug-likeness (QED) is 0.799. The van der Waals surface area contributed by atoms with Crippen LogP contribution >= 0.6 is 11.6 Å².